The minimum absolute atomic E-state index is 0.0295. The van der Waals surface area contributed by atoms with Crippen LogP contribution < -0.4 is 5.32 Å². The number of likely N-dealkylation sites (N-methyl/N-ethyl adjacent to an activating group) is 1. The Morgan fingerprint density at radius 1 is 1.54 bits per heavy atom. The molecule has 0 aliphatic carbocycles. The lowest BCUT2D eigenvalue weighted by molar-refractivity contribution is 0.251. The highest BCUT2D eigenvalue weighted by Crippen LogP contribution is 2.20. The van der Waals surface area contributed by atoms with Crippen LogP contribution in [0.4, 0.5) is 0 Å². The van der Waals surface area contributed by atoms with Gasteiger partial charge in [-0.15, -0.1) is 0 Å². The zero-order valence-corrected chi connectivity index (χ0v) is 8.60. The molecule has 3 heteroatoms. The third kappa shape index (κ3) is 2.44. The molecule has 0 bridgehead atoms. The molecule has 1 aromatic carbocycles. The van der Waals surface area contributed by atoms with Gasteiger partial charge in [0.2, 0.25) is 0 Å². The lowest BCUT2D eigenvalue weighted by Crippen LogP contribution is -2.19. The molecule has 1 aromatic rings. The van der Waals surface area contributed by atoms with Crippen LogP contribution in [0.3, 0.4) is 0 Å². The van der Waals surface area contributed by atoms with Gasteiger partial charge in [0, 0.05) is 5.02 Å². The second-order valence-corrected chi connectivity index (χ2v) is 3.44. The van der Waals surface area contributed by atoms with Crippen molar-refractivity contribution >= 4 is 11.6 Å². The quantitative estimate of drug-likeness (QED) is 0.780. The van der Waals surface area contributed by atoms with E-state index in [1.54, 1.807) is 0 Å². The van der Waals surface area contributed by atoms with Gasteiger partial charge in [0.05, 0.1) is 12.6 Å². The van der Waals surface area contributed by atoms with Crippen molar-refractivity contribution in [2.75, 3.05) is 13.7 Å². The molecule has 0 spiro atoms. The first-order valence-corrected chi connectivity index (χ1v) is 4.61. The maximum Gasteiger partial charge on any atom is 0.0626 e. The molecule has 72 valence electrons. The van der Waals surface area contributed by atoms with E-state index in [0.29, 0.717) is 0 Å². The summed E-state index contributed by atoms with van der Waals surface area (Å²) in [5.41, 5.74) is 2.07. The van der Waals surface area contributed by atoms with Crippen LogP contribution in [0.1, 0.15) is 17.2 Å². The molecular formula is C10H14ClNO. The zero-order chi connectivity index (χ0) is 9.84. The minimum Gasteiger partial charge on any atom is -0.394 e. The standard InChI is InChI=1S/C10H14ClNO/c1-7-3-4-8(5-9(7)11)10(6-13)12-2/h3-5,10,12-13H,6H2,1-2H3/t10-/m0/s1. The number of aliphatic hydroxyl groups is 1. The van der Waals surface area contributed by atoms with Crippen molar-refractivity contribution in [2.24, 2.45) is 0 Å². The van der Waals surface area contributed by atoms with E-state index >= 15 is 0 Å². The van der Waals surface area contributed by atoms with Gasteiger partial charge >= 0.3 is 0 Å². The summed E-state index contributed by atoms with van der Waals surface area (Å²) >= 11 is 5.96. The van der Waals surface area contributed by atoms with E-state index < -0.39 is 0 Å². The molecule has 0 aliphatic heterocycles. The summed E-state index contributed by atoms with van der Waals surface area (Å²) in [5.74, 6) is 0. The van der Waals surface area contributed by atoms with Crippen LogP contribution in [-0.4, -0.2) is 18.8 Å². The molecule has 0 heterocycles. The van der Waals surface area contributed by atoms with Crippen molar-refractivity contribution in [1.82, 2.24) is 5.32 Å². The normalized spacial score (nSPS) is 12.9. The smallest absolute Gasteiger partial charge is 0.0626 e. The summed E-state index contributed by atoms with van der Waals surface area (Å²) in [6, 6.07) is 5.78. The van der Waals surface area contributed by atoms with Gasteiger partial charge < -0.3 is 10.4 Å². The number of rotatable bonds is 3. The number of hydrogen-bond acceptors (Lipinski definition) is 2. The van der Waals surface area contributed by atoms with Gasteiger partial charge in [-0.25, -0.2) is 0 Å². The third-order valence-electron chi connectivity index (χ3n) is 2.13. The highest BCUT2D eigenvalue weighted by molar-refractivity contribution is 6.31. The van der Waals surface area contributed by atoms with E-state index in [4.69, 9.17) is 16.7 Å². The lowest BCUT2D eigenvalue weighted by atomic mass is 10.1. The lowest BCUT2D eigenvalue weighted by Gasteiger charge is -2.14. The van der Waals surface area contributed by atoms with Gasteiger partial charge in [-0.2, -0.15) is 0 Å². The van der Waals surface area contributed by atoms with Crippen molar-refractivity contribution in [3.8, 4) is 0 Å². The number of aryl methyl sites for hydroxylation is 1. The summed E-state index contributed by atoms with van der Waals surface area (Å²) in [6.45, 7) is 2.04. The number of benzene rings is 1. The maximum absolute atomic E-state index is 9.03. The van der Waals surface area contributed by atoms with Crippen LogP contribution in [0.2, 0.25) is 5.02 Å². The molecule has 2 nitrogen and oxygen atoms in total. The summed E-state index contributed by atoms with van der Waals surface area (Å²) in [6.07, 6.45) is 0. The highest BCUT2D eigenvalue weighted by atomic mass is 35.5. The fourth-order valence-corrected chi connectivity index (χ4v) is 1.38. The minimum atomic E-state index is -0.0295. The van der Waals surface area contributed by atoms with Crippen LogP contribution in [-0.2, 0) is 0 Å². The van der Waals surface area contributed by atoms with Crippen molar-refractivity contribution < 1.29 is 5.11 Å². The number of halogens is 1. The van der Waals surface area contributed by atoms with Crippen LogP contribution in [0.15, 0.2) is 18.2 Å². The van der Waals surface area contributed by atoms with Crippen molar-refractivity contribution in [2.45, 2.75) is 13.0 Å². The van der Waals surface area contributed by atoms with E-state index in [1.807, 2.05) is 32.2 Å². The Labute approximate surface area is 83.5 Å². The van der Waals surface area contributed by atoms with Gasteiger partial charge in [0.15, 0.2) is 0 Å². The fourth-order valence-electron chi connectivity index (χ4n) is 1.19. The Balaban J connectivity index is 2.95. The average Bonchev–Trinajstić information content (AvgIpc) is 2.13. The topological polar surface area (TPSA) is 32.3 Å². The molecular weight excluding hydrogens is 186 g/mol. The molecule has 2 N–H and O–H groups in total. The highest BCUT2D eigenvalue weighted by Gasteiger charge is 2.08. The van der Waals surface area contributed by atoms with Crippen LogP contribution >= 0.6 is 11.6 Å². The Hall–Kier alpha value is -0.570. The molecule has 1 rings (SSSR count). The molecule has 1 atom stereocenters. The molecule has 0 saturated heterocycles. The zero-order valence-electron chi connectivity index (χ0n) is 7.84. The van der Waals surface area contributed by atoms with Gasteiger partial charge in [0.1, 0.15) is 0 Å². The van der Waals surface area contributed by atoms with E-state index in [1.165, 1.54) is 0 Å². The van der Waals surface area contributed by atoms with E-state index in [2.05, 4.69) is 5.32 Å². The molecule has 0 radical (unpaired) electrons. The first kappa shape index (κ1) is 10.5. The maximum atomic E-state index is 9.03. The largest absolute Gasteiger partial charge is 0.394 e. The van der Waals surface area contributed by atoms with E-state index in [9.17, 15) is 0 Å². The number of hydrogen-bond donors (Lipinski definition) is 2. The Kier molecular flexibility index (Phi) is 3.72. The molecule has 0 unspecified atom stereocenters. The third-order valence-corrected chi connectivity index (χ3v) is 2.54. The molecule has 0 aromatic heterocycles. The molecule has 0 aliphatic rings. The van der Waals surface area contributed by atoms with Crippen LogP contribution in [0.25, 0.3) is 0 Å². The SMILES string of the molecule is CN[C@@H](CO)c1ccc(C)c(Cl)c1. The van der Waals surface area contributed by atoms with Crippen molar-refractivity contribution in [3.63, 3.8) is 0 Å². The van der Waals surface area contributed by atoms with E-state index in [0.717, 1.165) is 16.1 Å². The Bertz CT molecular complexity index is 284. The number of nitrogens with one attached hydrogen (secondary N) is 1. The van der Waals surface area contributed by atoms with Gasteiger partial charge in [-0.3, -0.25) is 0 Å². The second-order valence-electron chi connectivity index (χ2n) is 3.03. The summed E-state index contributed by atoms with van der Waals surface area (Å²) in [5, 5.41) is 12.8. The molecule has 0 amide bonds. The van der Waals surface area contributed by atoms with Crippen molar-refractivity contribution in [3.05, 3.63) is 34.3 Å². The van der Waals surface area contributed by atoms with Crippen molar-refractivity contribution in [1.29, 1.82) is 0 Å². The van der Waals surface area contributed by atoms with Gasteiger partial charge in [-0.05, 0) is 31.2 Å². The molecule has 0 fully saturated rings. The van der Waals surface area contributed by atoms with E-state index in [-0.39, 0.29) is 12.6 Å². The molecule has 0 saturated carbocycles. The predicted molar refractivity (Wildman–Crippen MR) is 55.1 cm³/mol. The average molecular weight is 200 g/mol. The first-order valence-electron chi connectivity index (χ1n) is 4.23. The molecule has 13 heavy (non-hydrogen) atoms. The first-order chi connectivity index (χ1) is 6.19. The second kappa shape index (κ2) is 4.61. The Morgan fingerprint density at radius 3 is 2.69 bits per heavy atom. The Morgan fingerprint density at radius 2 is 2.23 bits per heavy atom. The van der Waals surface area contributed by atoms with Crippen LogP contribution in [0.5, 0.6) is 0 Å². The summed E-state index contributed by atoms with van der Waals surface area (Å²) in [4.78, 5) is 0. The monoisotopic (exact) mass is 199 g/mol. The number of aliphatic hydroxyl groups excluding tert-OH is 1. The van der Waals surface area contributed by atoms with Gasteiger partial charge in [0.25, 0.3) is 0 Å². The van der Waals surface area contributed by atoms with Gasteiger partial charge in [-0.1, -0.05) is 23.7 Å². The fraction of sp³-hybridized carbons (Fsp3) is 0.400. The predicted octanol–water partition coefficient (Wildman–Crippen LogP) is 1.90. The summed E-state index contributed by atoms with van der Waals surface area (Å²) in [7, 11) is 1.81. The van der Waals surface area contributed by atoms with Crippen LogP contribution in [0, 0.1) is 6.92 Å². The summed E-state index contributed by atoms with van der Waals surface area (Å²) < 4.78 is 0.